The Kier molecular flexibility index (Phi) is 2.52. The molecule has 0 aromatic heterocycles. The van der Waals surface area contributed by atoms with Gasteiger partial charge in [0, 0.05) is 6.26 Å². The lowest BCUT2D eigenvalue weighted by Gasteiger charge is -2.20. The van der Waals surface area contributed by atoms with Crippen LogP contribution in [-0.2, 0) is 9.84 Å². The summed E-state index contributed by atoms with van der Waals surface area (Å²) >= 11 is 0. The fourth-order valence-electron chi connectivity index (χ4n) is 0.801. The maximum Gasteiger partial charge on any atom is 0.296 e. The van der Waals surface area contributed by atoms with Crippen LogP contribution in [-0.4, -0.2) is 32.2 Å². The smallest absolute Gasteiger partial charge is 0.222 e. The standard InChI is InChI=1S/C5H4F4N2O2S/c1-14(12,13)4-2(6)3(7)10-5(8)11(4)9/h5H,1H3. The maximum absolute atomic E-state index is 12.7. The summed E-state index contributed by atoms with van der Waals surface area (Å²) in [4.78, 5) is 2.25. The van der Waals surface area contributed by atoms with Gasteiger partial charge >= 0.3 is 0 Å². The van der Waals surface area contributed by atoms with Crippen molar-refractivity contribution in [1.82, 2.24) is 5.12 Å². The normalized spacial score (nSPS) is 23.9. The molecule has 4 nitrogen and oxygen atoms in total. The topological polar surface area (TPSA) is 49.7 Å². The molecule has 1 unspecified atom stereocenters. The Balaban J connectivity index is 3.37. The second-order valence-electron chi connectivity index (χ2n) is 2.43. The quantitative estimate of drug-likeness (QED) is 0.385. The largest absolute Gasteiger partial charge is 0.296 e. The average Bonchev–Trinajstić information content (AvgIpc) is 1.98. The van der Waals surface area contributed by atoms with E-state index in [0.29, 0.717) is 6.26 Å². The SMILES string of the molecule is CS(=O)(=O)C1=C(F)C(F)=NC(F)N1F. The van der Waals surface area contributed by atoms with Gasteiger partial charge in [0.15, 0.2) is 9.84 Å². The van der Waals surface area contributed by atoms with Gasteiger partial charge in [-0.15, -0.1) is 5.12 Å². The molecule has 1 aliphatic heterocycles. The molecule has 0 aliphatic carbocycles. The van der Waals surface area contributed by atoms with E-state index in [-0.39, 0.29) is 0 Å². The van der Waals surface area contributed by atoms with Crippen LogP contribution in [0, 0.1) is 0 Å². The fraction of sp³-hybridized carbons (Fsp3) is 0.400. The van der Waals surface area contributed by atoms with Gasteiger partial charge in [0.2, 0.25) is 10.9 Å². The van der Waals surface area contributed by atoms with E-state index in [1.54, 1.807) is 0 Å². The van der Waals surface area contributed by atoms with Crippen molar-refractivity contribution >= 4 is 15.8 Å². The molecule has 80 valence electrons. The molecule has 0 bridgehead atoms. The minimum absolute atomic E-state index is 0.416. The maximum atomic E-state index is 12.7. The van der Waals surface area contributed by atoms with E-state index in [4.69, 9.17) is 0 Å². The lowest BCUT2D eigenvalue weighted by Crippen LogP contribution is -2.32. The first kappa shape index (κ1) is 11.0. The van der Waals surface area contributed by atoms with Crippen LogP contribution in [0.15, 0.2) is 15.8 Å². The molecule has 0 aromatic carbocycles. The number of allylic oxidation sites excluding steroid dienone is 1. The zero-order chi connectivity index (χ0) is 11.1. The zero-order valence-corrected chi connectivity index (χ0v) is 7.52. The second kappa shape index (κ2) is 3.23. The predicted octanol–water partition coefficient (Wildman–Crippen LogP) is 0.991. The minimum Gasteiger partial charge on any atom is -0.222 e. The van der Waals surface area contributed by atoms with Crippen molar-refractivity contribution in [2.45, 2.75) is 6.42 Å². The van der Waals surface area contributed by atoms with Gasteiger partial charge in [-0.2, -0.15) is 18.2 Å². The Labute approximate surface area is 76.4 Å². The van der Waals surface area contributed by atoms with Crippen LogP contribution in [0.1, 0.15) is 0 Å². The number of sulfone groups is 1. The first-order valence-electron chi connectivity index (χ1n) is 3.17. The third kappa shape index (κ3) is 1.72. The number of aliphatic imine (C=N–C) groups is 1. The highest BCUT2D eigenvalue weighted by Gasteiger charge is 2.37. The molecule has 0 fully saturated rings. The van der Waals surface area contributed by atoms with Gasteiger partial charge in [-0.25, -0.2) is 8.42 Å². The monoisotopic (exact) mass is 232 g/mol. The summed E-state index contributed by atoms with van der Waals surface area (Å²) in [6.45, 7) is 0. The first-order chi connectivity index (χ1) is 6.25. The van der Waals surface area contributed by atoms with Crippen LogP contribution in [0.3, 0.4) is 0 Å². The van der Waals surface area contributed by atoms with Crippen LogP contribution in [0.25, 0.3) is 0 Å². The first-order valence-corrected chi connectivity index (χ1v) is 5.07. The van der Waals surface area contributed by atoms with E-state index >= 15 is 0 Å². The summed E-state index contributed by atoms with van der Waals surface area (Å²) in [7, 11) is -4.40. The number of rotatable bonds is 1. The Morgan fingerprint density at radius 2 is 1.93 bits per heavy atom. The Hall–Kier alpha value is -1.12. The predicted molar refractivity (Wildman–Crippen MR) is 39.4 cm³/mol. The van der Waals surface area contributed by atoms with Gasteiger partial charge < -0.3 is 0 Å². The van der Waals surface area contributed by atoms with Gasteiger partial charge in [0.25, 0.3) is 12.4 Å². The van der Waals surface area contributed by atoms with E-state index in [9.17, 15) is 26.1 Å². The molecule has 1 rings (SSSR count). The van der Waals surface area contributed by atoms with Crippen molar-refractivity contribution < 1.29 is 26.1 Å². The summed E-state index contributed by atoms with van der Waals surface area (Å²) in [5.74, 6) is -4.02. The summed E-state index contributed by atoms with van der Waals surface area (Å²) < 4.78 is 71.7. The van der Waals surface area contributed by atoms with Crippen molar-refractivity contribution in [3.8, 4) is 0 Å². The molecule has 0 radical (unpaired) electrons. The Morgan fingerprint density at radius 1 is 1.43 bits per heavy atom. The van der Waals surface area contributed by atoms with Gasteiger partial charge in [0.1, 0.15) is 0 Å². The summed E-state index contributed by atoms with van der Waals surface area (Å²) in [6, 6.07) is 0. The summed E-state index contributed by atoms with van der Waals surface area (Å²) in [6.07, 6.45) is -2.47. The number of hydrogen-bond donors (Lipinski definition) is 0. The van der Waals surface area contributed by atoms with Crippen LogP contribution < -0.4 is 0 Å². The van der Waals surface area contributed by atoms with E-state index in [2.05, 4.69) is 4.99 Å². The van der Waals surface area contributed by atoms with Crippen LogP contribution in [0.4, 0.5) is 17.7 Å². The lowest BCUT2D eigenvalue weighted by molar-refractivity contribution is -0.0375. The Morgan fingerprint density at radius 3 is 2.36 bits per heavy atom. The number of alkyl halides is 1. The highest BCUT2D eigenvalue weighted by Crippen LogP contribution is 2.28. The molecule has 0 N–H and O–H groups in total. The Bertz CT molecular complexity index is 415. The number of nitrogens with zero attached hydrogens (tertiary/aromatic N) is 2. The minimum atomic E-state index is -4.40. The molecule has 0 saturated heterocycles. The molecular weight excluding hydrogens is 228 g/mol. The molecular formula is C5H4F4N2O2S. The van der Waals surface area contributed by atoms with Crippen molar-refractivity contribution in [3.05, 3.63) is 10.9 Å². The van der Waals surface area contributed by atoms with Crippen molar-refractivity contribution in [3.63, 3.8) is 0 Å². The van der Waals surface area contributed by atoms with Crippen LogP contribution in [0.2, 0.25) is 0 Å². The zero-order valence-electron chi connectivity index (χ0n) is 6.71. The highest BCUT2D eigenvalue weighted by atomic mass is 32.2. The molecule has 9 heteroatoms. The molecule has 0 aromatic rings. The summed E-state index contributed by atoms with van der Waals surface area (Å²) in [5, 5.41) is -2.79. The van der Waals surface area contributed by atoms with E-state index in [1.165, 1.54) is 0 Å². The molecule has 0 spiro atoms. The van der Waals surface area contributed by atoms with E-state index in [1.807, 2.05) is 0 Å². The third-order valence-corrected chi connectivity index (χ3v) is 2.38. The molecule has 0 amide bonds. The van der Waals surface area contributed by atoms with Crippen LogP contribution in [0.5, 0.6) is 0 Å². The van der Waals surface area contributed by atoms with Gasteiger partial charge in [-0.05, 0) is 0 Å². The molecule has 14 heavy (non-hydrogen) atoms. The van der Waals surface area contributed by atoms with E-state index < -0.39 is 38.2 Å². The van der Waals surface area contributed by atoms with Crippen molar-refractivity contribution in [2.75, 3.05) is 6.26 Å². The van der Waals surface area contributed by atoms with Crippen molar-refractivity contribution in [1.29, 1.82) is 0 Å². The molecule has 1 atom stereocenters. The summed E-state index contributed by atoms with van der Waals surface area (Å²) in [5.41, 5.74) is 0. The fourth-order valence-corrected chi connectivity index (χ4v) is 1.61. The van der Waals surface area contributed by atoms with Crippen molar-refractivity contribution in [2.24, 2.45) is 4.99 Å². The second-order valence-corrected chi connectivity index (χ2v) is 4.36. The van der Waals surface area contributed by atoms with Gasteiger partial charge in [-0.1, -0.05) is 4.48 Å². The molecule has 0 saturated carbocycles. The molecule has 1 aliphatic rings. The highest BCUT2D eigenvalue weighted by molar-refractivity contribution is 7.94. The average molecular weight is 232 g/mol. The third-order valence-electron chi connectivity index (χ3n) is 1.32. The number of halogens is 4. The lowest BCUT2D eigenvalue weighted by atomic mass is 10.5. The van der Waals surface area contributed by atoms with Crippen LogP contribution >= 0.6 is 0 Å². The van der Waals surface area contributed by atoms with E-state index in [0.717, 1.165) is 0 Å². The van der Waals surface area contributed by atoms with Gasteiger partial charge in [-0.3, -0.25) is 0 Å². The number of hydrogen-bond acceptors (Lipinski definition) is 4. The van der Waals surface area contributed by atoms with Gasteiger partial charge in [0.05, 0.1) is 0 Å². The molecule has 1 heterocycles.